The Bertz CT molecular complexity index is 1370. The van der Waals surface area contributed by atoms with E-state index in [0.29, 0.717) is 44.4 Å². The molecule has 5 unspecified atom stereocenters. The summed E-state index contributed by atoms with van der Waals surface area (Å²) in [6, 6.07) is 9.28. The van der Waals surface area contributed by atoms with Crippen molar-refractivity contribution in [1.82, 2.24) is 15.1 Å². The van der Waals surface area contributed by atoms with Gasteiger partial charge in [0, 0.05) is 31.1 Å². The van der Waals surface area contributed by atoms with E-state index in [1.807, 2.05) is 30.3 Å². The maximum atomic E-state index is 14.6. The Hall–Kier alpha value is -3.91. The van der Waals surface area contributed by atoms with Crippen LogP contribution in [0.1, 0.15) is 43.2 Å². The van der Waals surface area contributed by atoms with E-state index in [1.54, 1.807) is 0 Å². The molecule has 41 heavy (non-hydrogen) atoms. The molecule has 11 heteroatoms. The monoisotopic (exact) mass is 567 g/mol. The van der Waals surface area contributed by atoms with Gasteiger partial charge in [-0.25, -0.2) is 13.2 Å². The van der Waals surface area contributed by atoms with Gasteiger partial charge >= 0.3 is 0 Å². The second kappa shape index (κ2) is 11.9. The van der Waals surface area contributed by atoms with E-state index in [4.69, 9.17) is 5.73 Å². The largest absolute Gasteiger partial charge is 0.351 e. The van der Waals surface area contributed by atoms with Gasteiger partial charge in [0.05, 0.1) is 12.1 Å². The molecule has 2 heterocycles. The van der Waals surface area contributed by atoms with Crippen molar-refractivity contribution in [1.29, 1.82) is 5.26 Å². The first-order valence-corrected chi connectivity index (χ1v) is 13.9. The lowest BCUT2D eigenvalue weighted by Crippen LogP contribution is -2.54. The summed E-state index contributed by atoms with van der Waals surface area (Å²) < 4.78 is 42.1. The third-order valence-electron chi connectivity index (χ3n) is 8.32. The lowest BCUT2D eigenvalue weighted by Gasteiger charge is -2.30. The first-order valence-electron chi connectivity index (χ1n) is 13.9. The average molecular weight is 568 g/mol. The number of amides is 3. The van der Waals surface area contributed by atoms with Crippen LogP contribution in [0.4, 0.5) is 13.2 Å². The average Bonchev–Trinajstić information content (AvgIpc) is 3.35. The molecule has 5 rings (SSSR count). The number of likely N-dealkylation sites (tertiary alicyclic amines) is 2. The summed E-state index contributed by atoms with van der Waals surface area (Å²) in [5, 5.41) is 12.3. The van der Waals surface area contributed by atoms with Gasteiger partial charge in [-0.1, -0.05) is 30.3 Å². The number of nitriles is 1. The van der Waals surface area contributed by atoms with E-state index in [-0.39, 0.29) is 42.2 Å². The van der Waals surface area contributed by atoms with Crippen LogP contribution < -0.4 is 11.1 Å². The van der Waals surface area contributed by atoms with Gasteiger partial charge in [0.1, 0.15) is 17.9 Å². The molecule has 0 radical (unpaired) electrons. The highest BCUT2D eigenvalue weighted by molar-refractivity contribution is 5.91. The molecule has 2 aliphatic heterocycles. The Morgan fingerprint density at radius 1 is 1.05 bits per heavy atom. The van der Waals surface area contributed by atoms with E-state index >= 15 is 0 Å². The predicted octanol–water partition coefficient (Wildman–Crippen LogP) is 2.60. The zero-order chi connectivity index (χ0) is 29.3. The number of hydrogen-bond acceptors (Lipinski definition) is 5. The summed E-state index contributed by atoms with van der Waals surface area (Å²) in [7, 11) is 0. The Labute approximate surface area is 236 Å². The highest BCUT2D eigenvalue weighted by Gasteiger charge is 2.54. The van der Waals surface area contributed by atoms with Gasteiger partial charge in [0.2, 0.25) is 17.7 Å². The van der Waals surface area contributed by atoms with Crippen LogP contribution in [-0.4, -0.2) is 64.3 Å². The minimum Gasteiger partial charge on any atom is -0.351 e. The first kappa shape index (κ1) is 28.6. The fraction of sp³-hybridized carbons (Fsp3) is 0.467. The standard InChI is InChI=1S/C30H32F3N5O3/c31-22-15-24(33)23(32)12-18(22)10-20(14-28(39)38-21(16-34)11-19-13-27(19)38)36-29(40)26-7-4-8-37(26)30(41)25(35)9-17-5-2-1-3-6-17/h1-3,5-6,12,15,19-21,25-27H,4,7-11,13-14,35H2,(H,36,40)/t19?,20-,21?,25?,26?,27?/m1/s1. The summed E-state index contributed by atoms with van der Waals surface area (Å²) in [5.74, 6) is -4.60. The van der Waals surface area contributed by atoms with E-state index < -0.39 is 47.5 Å². The highest BCUT2D eigenvalue weighted by Crippen LogP contribution is 2.47. The van der Waals surface area contributed by atoms with Crippen LogP contribution in [-0.2, 0) is 27.2 Å². The molecule has 0 spiro atoms. The third kappa shape index (κ3) is 6.22. The maximum absolute atomic E-state index is 14.6. The maximum Gasteiger partial charge on any atom is 0.243 e. The van der Waals surface area contributed by atoms with Gasteiger partial charge in [0.25, 0.3) is 0 Å². The van der Waals surface area contributed by atoms with Gasteiger partial charge in [-0.05, 0) is 61.6 Å². The van der Waals surface area contributed by atoms with E-state index in [0.717, 1.165) is 12.0 Å². The van der Waals surface area contributed by atoms with Crippen molar-refractivity contribution in [3.05, 3.63) is 71.0 Å². The molecular formula is C30H32F3N5O3. The highest BCUT2D eigenvalue weighted by atomic mass is 19.2. The molecule has 3 fully saturated rings. The number of piperidine rings is 1. The molecule has 2 aromatic rings. The number of nitrogens with one attached hydrogen (secondary N) is 1. The zero-order valence-electron chi connectivity index (χ0n) is 22.4. The number of hydrogen-bond donors (Lipinski definition) is 2. The number of carbonyl (C=O) groups is 3. The fourth-order valence-corrected chi connectivity index (χ4v) is 6.18. The quantitative estimate of drug-likeness (QED) is 0.452. The topological polar surface area (TPSA) is 120 Å². The second-order valence-corrected chi connectivity index (χ2v) is 11.2. The van der Waals surface area contributed by atoms with Gasteiger partial charge in [-0.15, -0.1) is 0 Å². The molecule has 6 atom stereocenters. The summed E-state index contributed by atoms with van der Waals surface area (Å²) in [6.45, 7) is 0.335. The van der Waals surface area contributed by atoms with Crippen LogP contribution in [0, 0.1) is 34.7 Å². The fourth-order valence-electron chi connectivity index (χ4n) is 6.18. The van der Waals surface area contributed by atoms with E-state index in [9.17, 15) is 32.8 Å². The minimum absolute atomic E-state index is 0.0300. The molecule has 216 valence electrons. The van der Waals surface area contributed by atoms with Gasteiger partial charge in [-0.3, -0.25) is 14.4 Å². The number of fused-ring (bicyclic) bond motifs is 1. The van der Waals surface area contributed by atoms with Crippen molar-refractivity contribution in [2.45, 2.75) is 75.2 Å². The molecule has 0 bridgehead atoms. The van der Waals surface area contributed by atoms with Crippen LogP contribution in [0.2, 0.25) is 0 Å². The molecule has 2 saturated heterocycles. The molecule has 2 aromatic carbocycles. The van der Waals surface area contributed by atoms with Gasteiger partial charge < -0.3 is 20.9 Å². The summed E-state index contributed by atoms with van der Waals surface area (Å²) in [6.07, 6.45) is 2.10. The van der Waals surface area contributed by atoms with Crippen LogP contribution in [0.25, 0.3) is 0 Å². The minimum atomic E-state index is -1.34. The van der Waals surface area contributed by atoms with E-state index in [2.05, 4.69) is 11.4 Å². The summed E-state index contributed by atoms with van der Waals surface area (Å²) in [4.78, 5) is 43.0. The SMILES string of the molecule is N#CC1CC2CC2N1C(=O)C[C@@H](Cc1cc(F)c(F)cc1F)NC(=O)C1CCCN1C(=O)C(N)Cc1ccccc1. The Kier molecular flexibility index (Phi) is 8.31. The van der Waals surface area contributed by atoms with Crippen molar-refractivity contribution >= 4 is 17.7 Å². The number of halogens is 3. The first-order chi connectivity index (χ1) is 19.7. The van der Waals surface area contributed by atoms with Crippen LogP contribution in [0.5, 0.6) is 0 Å². The normalized spacial score (nSPS) is 24.4. The number of rotatable bonds is 9. The van der Waals surface area contributed by atoms with Crippen LogP contribution >= 0.6 is 0 Å². The van der Waals surface area contributed by atoms with Crippen LogP contribution in [0.3, 0.4) is 0 Å². The van der Waals surface area contributed by atoms with Crippen molar-refractivity contribution in [2.24, 2.45) is 11.7 Å². The molecule has 3 aliphatic rings. The van der Waals surface area contributed by atoms with Crippen molar-refractivity contribution < 1.29 is 27.6 Å². The lowest BCUT2D eigenvalue weighted by molar-refractivity contribution is -0.140. The predicted molar refractivity (Wildman–Crippen MR) is 142 cm³/mol. The molecule has 1 aliphatic carbocycles. The van der Waals surface area contributed by atoms with Crippen molar-refractivity contribution in [3.8, 4) is 6.07 Å². The summed E-state index contributed by atoms with van der Waals surface area (Å²) >= 11 is 0. The Morgan fingerprint density at radius 3 is 2.51 bits per heavy atom. The van der Waals surface area contributed by atoms with Crippen LogP contribution in [0.15, 0.2) is 42.5 Å². The summed E-state index contributed by atoms with van der Waals surface area (Å²) in [5.41, 5.74) is 6.89. The molecule has 8 nitrogen and oxygen atoms in total. The number of nitrogens with two attached hydrogens (primary N) is 1. The number of carbonyl (C=O) groups excluding carboxylic acids is 3. The Balaban J connectivity index is 1.31. The smallest absolute Gasteiger partial charge is 0.243 e. The zero-order valence-corrected chi connectivity index (χ0v) is 22.4. The molecular weight excluding hydrogens is 535 g/mol. The lowest BCUT2D eigenvalue weighted by atomic mass is 10.0. The molecule has 3 N–H and O–H groups in total. The van der Waals surface area contributed by atoms with Gasteiger partial charge in [-0.2, -0.15) is 5.26 Å². The molecule has 3 amide bonds. The Morgan fingerprint density at radius 2 is 1.78 bits per heavy atom. The second-order valence-electron chi connectivity index (χ2n) is 11.2. The molecule has 0 aromatic heterocycles. The van der Waals surface area contributed by atoms with Gasteiger partial charge in [0.15, 0.2) is 11.6 Å². The molecule has 1 saturated carbocycles. The third-order valence-corrected chi connectivity index (χ3v) is 8.32. The number of benzene rings is 2. The van der Waals surface area contributed by atoms with E-state index in [1.165, 1.54) is 9.80 Å². The van der Waals surface area contributed by atoms with Crippen molar-refractivity contribution in [3.63, 3.8) is 0 Å². The van der Waals surface area contributed by atoms with Crippen molar-refractivity contribution in [2.75, 3.05) is 6.54 Å². The number of nitrogens with zero attached hydrogens (tertiary/aromatic N) is 3.